The van der Waals surface area contributed by atoms with Crippen molar-refractivity contribution in [3.63, 3.8) is 0 Å². The van der Waals surface area contributed by atoms with Gasteiger partial charge in [0.25, 0.3) is 0 Å². The first-order valence-corrected chi connectivity index (χ1v) is 5.63. The van der Waals surface area contributed by atoms with E-state index in [0.717, 1.165) is 31.5 Å². The van der Waals surface area contributed by atoms with Crippen LogP contribution < -0.4 is 0 Å². The lowest BCUT2D eigenvalue weighted by Crippen LogP contribution is -2.27. The maximum absolute atomic E-state index is 10.9. The Balaban J connectivity index is 2.16. The van der Waals surface area contributed by atoms with Gasteiger partial charge in [0.2, 0.25) is 0 Å². The van der Waals surface area contributed by atoms with Crippen LogP contribution >= 0.6 is 0 Å². The summed E-state index contributed by atoms with van der Waals surface area (Å²) in [5.41, 5.74) is 1.01. The number of aromatic nitrogens is 1. The number of hydrogen-bond acceptors (Lipinski definition) is 3. The molecule has 0 aliphatic carbocycles. The molecule has 1 aromatic rings. The topological polar surface area (TPSA) is 53.4 Å². The van der Waals surface area contributed by atoms with Crippen molar-refractivity contribution in [1.82, 2.24) is 9.88 Å². The van der Waals surface area contributed by atoms with Crippen molar-refractivity contribution in [3.8, 4) is 0 Å². The molecule has 0 bridgehead atoms. The molecule has 1 aliphatic heterocycles. The fraction of sp³-hybridized carbons (Fsp3) is 0.500. The normalized spacial score (nSPS) is 18.5. The second kappa shape index (κ2) is 5.07. The third kappa shape index (κ3) is 2.58. The van der Waals surface area contributed by atoms with Gasteiger partial charge in [0.15, 0.2) is 0 Å². The first-order valence-electron chi connectivity index (χ1n) is 5.63. The van der Waals surface area contributed by atoms with Gasteiger partial charge in [-0.3, -0.25) is 14.7 Å². The fourth-order valence-corrected chi connectivity index (χ4v) is 2.25. The summed E-state index contributed by atoms with van der Waals surface area (Å²) in [7, 11) is 0. The highest BCUT2D eigenvalue weighted by atomic mass is 16.4. The van der Waals surface area contributed by atoms with Crippen LogP contribution in [-0.4, -0.2) is 34.0 Å². The number of nitrogens with zero attached hydrogens (tertiary/aromatic N) is 2. The van der Waals surface area contributed by atoms with Gasteiger partial charge in [0.1, 0.15) is 0 Å². The van der Waals surface area contributed by atoms with Crippen molar-refractivity contribution in [2.24, 2.45) is 0 Å². The minimum Gasteiger partial charge on any atom is -0.481 e. The minimum absolute atomic E-state index is 0.0197. The molecular formula is C12H16N2O2. The Morgan fingerprint density at radius 2 is 2.25 bits per heavy atom. The summed E-state index contributed by atoms with van der Waals surface area (Å²) in [6, 6.07) is 3.80. The van der Waals surface area contributed by atoms with E-state index in [2.05, 4.69) is 9.88 Å². The molecule has 1 N–H and O–H groups in total. The predicted octanol–water partition coefficient (Wildman–Crippen LogP) is 1.69. The van der Waals surface area contributed by atoms with E-state index in [1.54, 1.807) is 12.4 Å². The maximum atomic E-state index is 10.9. The molecule has 4 nitrogen and oxygen atoms in total. The van der Waals surface area contributed by atoms with Gasteiger partial charge in [-0.25, -0.2) is 0 Å². The third-order valence-corrected chi connectivity index (χ3v) is 3.02. The van der Waals surface area contributed by atoms with Gasteiger partial charge in [0.05, 0.1) is 6.42 Å². The molecule has 0 radical (unpaired) electrons. The predicted molar refractivity (Wildman–Crippen MR) is 60.0 cm³/mol. The minimum atomic E-state index is -0.749. The summed E-state index contributed by atoms with van der Waals surface area (Å²) in [6.45, 7) is 1.99. The molecule has 86 valence electrons. The Bertz CT molecular complexity index is 347. The first-order chi connectivity index (χ1) is 7.77. The van der Waals surface area contributed by atoms with Gasteiger partial charge in [-0.15, -0.1) is 0 Å². The molecule has 0 amide bonds. The highest BCUT2D eigenvalue weighted by Crippen LogP contribution is 2.27. The molecule has 16 heavy (non-hydrogen) atoms. The average Bonchev–Trinajstić information content (AvgIpc) is 2.80. The van der Waals surface area contributed by atoms with E-state index in [1.165, 1.54) is 0 Å². The molecule has 0 unspecified atom stereocenters. The van der Waals surface area contributed by atoms with Gasteiger partial charge in [-0.2, -0.15) is 0 Å². The fourth-order valence-electron chi connectivity index (χ4n) is 2.25. The van der Waals surface area contributed by atoms with E-state index >= 15 is 0 Å². The van der Waals surface area contributed by atoms with Crippen LogP contribution in [0.1, 0.15) is 30.9 Å². The van der Waals surface area contributed by atoms with Crippen molar-refractivity contribution >= 4 is 5.97 Å². The van der Waals surface area contributed by atoms with Crippen LogP contribution in [-0.2, 0) is 4.79 Å². The Morgan fingerprint density at radius 3 is 2.81 bits per heavy atom. The van der Waals surface area contributed by atoms with Crippen LogP contribution in [0.2, 0.25) is 0 Å². The number of carboxylic acids is 1. The maximum Gasteiger partial charge on any atom is 0.305 e. The smallest absolute Gasteiger partial charge is 0.305 e. The second-order valence-electron chi connectivity index (χ2n) is 4.14. The molecule has 1 aromatic heterocycles. The van der Waals surface area contributed by atoms with Gasteiger partial charge < -0.3 is 5.11 Å². The Labute approximate surface area is 94.9 Å². The van der Waals surface area contributed by atoms with E-state index < -0.39 is 5.97 Å². The molecule has 2 heterocycles. The molecule has 1 atom stereocenters. The zero-order valence-electron chi connectivity index (χ0n) is 9.17. The van der Waals surface area contributed by atoms with Gasteiger partial charge in [-0.05, 0) is 37.6 Å². The zero-order chi connectivity index (χ0) is 11.4. The molecular weight excluding hydrogens is 204 g/mol. The molecule has 1 fully saturated rings. The Kier molecular flexibility index (Phi) is 3.51. The van der Waals surface area contributed by atoms with E-state index in [-0.39, 0.29) is 12.5 Å². The summed E-state index contributed by atoms with van der Waals surface area (Å²) in [4.78, 5) is 17.2. The standard InChI is InChI=1S/C12H16N2O2/c15-12(16)8-11(14-6-1-2-7-14)10-4-3-5-13-9-10/h3-5,9,11H,1-2,6-8H2,(H,15,16)/t11-/m0/s1. The van der Waals surface area contributed by atoms with Crippen molar-refractivity contribution in [2.45, 2.75) is 25.3 Å². The van der Waals surface area contributed by atoms with Gasteiger partial charge in [-0.1, -0.05) is 6.07 Å². The molecule has 4 heteroatoms. The quantitative estimate of drug-likeness (QED) is 0.839. The molecule has 0 saturated carbocycles. The largest absolute Gasteiger partial charge is 0.481 e. The summed E-state index contributed by atoms with van der Waals surface area (Å²) >= 11 is 0. The van der Waals surface area contributed by atoms with Crippen LogP contribution in [0.15, 0.2) is 24.5 Å². The third-order valence-electron chi connectivity index (χ3n) is 3.02. The number of hydrogen-bond donors (Lipinski definition) is 1. The molecule has 0 spiro atoms. The lowest BCUT2D eigenvalue weighted by Gasteiger charge is -2.26. The lowest BCUT2D eigenvalue weighted by molar-refractivity contribution is -0.138. The number of pyridine rings is 1. The molecule has 0 aromatic carbocycles. The van der Waals surface area contributed by atoms with Crippen molar-refractivity contribution in [1.29, 1.82) is 0 Å². The first kappa shape index (κ1) is 11.1. The molecule has 1 saturated heterocycles. The number of likely N-dealkylation sites (tertiary alicyclic amines) is 1. The van der Waals surface area contributed by atoms with Crippen LogP contribution in [0.4, 0.5) is 0 Å². The van der Waals surface area contributed by atoms with E-state index in [1.807, 2.05) is 12.1 Å². The number of rotatable bonds is 4. The summed E-state index contributed by atoms with van der Waals surface area (Å²) in [6.07, 6.45) is 5.97. The van der Waals surface area contributed by atoms with Crippen LogP contribution in [0.3, 0.4) is 0 Å². The lowest BCUT2D eigenvalue weighted by atomic mass is 10.0. The zero-order valence-corrected chi connectivity index (χ0v) is 9.17. The SMILES string of the molecule is O=C(O)C[C@@H](c1cccnc1)N1CCCC1. The number of carbonyl (C=O) groups is 1. The highest BCUT2D eigenvalue weighted by molar-refractivity contribution is 5.67. The average molecular weight is 220 g/mol. The number of aliphatic carboxylic acids is 1. The van der Waals surface area contributed by atoms with E-state index in [9.17, 15) is 4.79 Å². The van der Waals surface area contributed by atoms with Crippen LogP contribution in [0, 0.1) is 0 Å². The summed E-state index contributed by atoms with van der Waals surface area (Å²) in [5.74, 6) is -0.749. The number of carboxylic acid groups (broad SMARTS) is 1. The van der Waals surface area contributed by atoms with E-state index in [0.29, 0.717) is 0 Å². The van der Waals surface area contributed by atoms with Crippen molar-refractivity contribution in [2.75, 3.05) is 13.1 Å². The van der Waals surface area contributed by atoms with Gasteiger partial charge >= 0.3 is 5.97 Å². The Morgan fingerprint density at radius 1 is 1.50 bits per heavy atom. The Hall–Kier alpha value is -1.42. The molecule has 1 aliphatic rings. The monoisotopic (exact) mass is 220 g/mol. The van der Waals surface area contributed by atoms with Gasteiger partial charge in [0, 0.05) is 18.4 Å². The highest BCUT2D eigenvalue weighted by Gasteiger charge is 2.25. The van der Waals surface area contributed by atoms with Crippen molar-refractivity contribution < 1.29 is 9.90 Å². The van der Waals surface area contributed by atoms with Crippen LogP contribution in [0.5, 0.6) is 0 Å². The van der Waals surface area contributed by atoms with Crippen molar-refractivity contribution in [3.05, 3.63) is 30.1 Å². The molecule has 2 rings (SSSR count). The van der Waals surface area contributed by atoms with Crippen LogP contribution in [0.25, 0.3) is 0 Å². The summed E-state index contributed by atoms with van der Waals surface area (Å²) < 4.78 is 0. The second-order valence-corrected chi connectivity index (χ2v) is 4.14. The van der Waals surface area contributed by atoms with E-state index in [4.69, 9.17) is 5.11 Å². The summed E-state index contributed by atoms with van der Waals surface area (Å²) in [5, 5.41) is 8.96.